The van der Waals surface area contributed by atoms with Gasteiger partial charge in [0.15, 0.2) is 0 Å². The molecule has 0 atom stereocenters. The zero-order valence-electron chi connectivity index (χ0n) is 15.6. The van der Waals surface area contributed by atoms with Crippen molar-refractivity contribution in [1.82, 2.24) is 9.21 Å². The van der Waals surface area contributed by atoms with Crippen LogP contribution in [0.1, 0.15) is 31.7 Å². The van der Waals surface area contributed by atoms with Crippen LogP contribution in [0, 0.1) is 17.8 Å². The van der Waals surface area contributed by atoms with Gasteiger partial charge in [-0.2, -0.15) is 17.5 Å². The van der Waals surface area contributed by atoms with Gasteiger partial charge in [-0.05, 0) is 57.1 Å². The molecule has 0 aliphatic carbocycles. The molecular formula is C19H25F3N2O2S. The van der Waals surface area contributed by atoms with Gasteiger partial charge in [0.2, 0.25) is 10.0 Å². The van der Waals surface area contributed by atoms with Crippen LogP contribution in [-0.2, 0) is 16.2 Å². The molecule has 2 rings (SSSR count). The minimum Gasteiger partial charge on any atom is -0.295 e. The van der Waals surface area contributed by atoms with Crippen molar-refractivity contribution in [3.63, 3.8) is 0 Å². The summed E-state index contributed by atoms with van der Waals surface area (Å²) in [4.78, 5) is 2.03. The molecule has 1 aromatic carbocycles. The van der Waals surface area contributed by atoms with Crippen molar-refractivity contribution >= 4 is 10.0 Å². The van der Waals surface area contributed by atoms with E-state index in [0.717, 1.165) is 37.2 Å². The van der Waals surface area contributed by atoms with Crippen molar-refractivity contribution in [3.05, 3.63) is 29.8 Å². The van der Waals surface area contributed by atoms with Gasteiger partial charge in [-0.15, -0.1) is 0 Å². The van der Waals surface area contributed by atoms with Gasteiger partial charge in [-0.25, -0.2) is 8.42 Å². The average Bonchev–Trinajstić information content (AvgIpc) is 2.62. The Hall–Kier alpha value is -1.56. The maximum atomic E-state index is 12.6. The molecule has 1 aromatic rings. The molecule has 27 heavy (non-hydrogen) atoms. The Morgan fingerprint density at radius 3 is 2.30 bits per heavy atom. The van der Waals surface area contributed by atoms with E-state index in [1.807, 2.05) is 7.05 Å². The van der Waals surface area contributed by atoms with E-state index >= 15 is 0 Å². The first-order valence-corrected chi connectivity index (χ1v) is 10.4. The molecule has 0 saturated carbocycles. The quantitative estimate of drug-likeness (QED) is 0.709. The Bertz CT molecular complexity index is 772. The lowest BCUT2D eigenvalue weighted by Crippen LogP contribution is -2.38. The molecule has 0 radical (unpaired) electrons. The maximum absolute atomic E-state index is 12.6. The second-order valence-electron chi connectivity index (χ2n) is 6.76. The van der Waals surface area contributed by atoms with Crippen LogP contribution in [0.5, 0.6) is 0 Å². The van der Waals surface area contributed by atoms with Crippen LogP contribution < -0.4 is 0 Å². The highest BCUT2D eigenvalue weighted by Crippen LogP contribution is 2.30. The summed E-state index contributed by atoms with van der Waals surface area (Å²) in [5.41, 5.74) is -0.858. The third-order valence-corrected chi connectivity index (χ3v) is 6.45. The van der Waals surface area contributed by atoms with Crippen LogP contribution in [-0.4, -0.2) is 50.8 Å². The van der Waals surface area contributed by atoms with E-state index in [0.29, 0.717) is 32.5 Å². The largest absolute Gasteiger partial charge is 0.416 e. The lowest BCUT2D eigenvalue weighted by atomic mass is 9.99. The van der Waals surface area contributed by atoms with E-state index in [2.05, 4.69) is 23.7 Å². The maximum Gasteiger partial charge on any atom is 0.416 e. The standard InChI is InChI=1S/C19H25F3N2O2S/c1-3-12-23(2)13-4-5-16-10-14-24(15-11-16)27(25,26)18-8-6-17(7-9-18)19(20,21)22/h6-9,16H,3,10-15H2,1-2H3. The highest BCUT2D eigenvalue weighted by atomic mass is 32.2. The predicted octanol–water partition coefficient (Wildman–Crippen LogP) is 3.45. The first kappa shape index (κ1) is 21.7. The van der Waals surface area contributed by atoms with Gasteiger partial charge in [-0.1, -0.05) is 18.8 Å². The van der Waals surface area contributed by atoms with E-state index in [4.69, 9.17) is 0 Å². The number of halogens is 3. The second kappa shape index (κ2) is 9.09. The highest BCUT2D eigenvalue weighted by molar-refractivity contribution is 7.89. The molecule has 0 aromatic heterocycles. The van der Waals surface area contributed by atoms with Crippen LogP contribution in [0.25, 0.3) is 0 Å². The van der Waals surface area contributed by atoms with E-state index in [1.165, 1.54) is 4.31 Å². The van der Waals surface area contributed by atoms with Gasteiger partial charge < -0.3 is 0 Å². The molecule has 0 unspecified atom stereocenters. The number of piperidine rings is 1. The fraction of sp³-hybridized carbons (Fsp3) is 0.579. The third kappa shape index (κ3) is 5.96. The number of sulfonamides is 1. The monoisotopic (exact) mass is 402 g/mol. The average molecular weight is 402 g/mol. The Morgan fingerprint density at radius 1 is 1.19 bits per heavy atom. The second-order valence-corrected chi connectivity index (χ2v) is 8.70. The van der Waals surface area contributed by atoms with Crippen LogP contribution in [0.15, 0.2) is 29.2 Å². The SMILES string of the molecule is CCCN(C)CC#CC1CCN(S(=O)(=O)c2ccc(C(F)(F)F)cc2)CC1. The van der Waals surface area contributed by atoms with Gasteiger partial charge in [0.1, 0.15) is 0 Å². The Balaban J connectivity index is 1.95. The Labute approximate surface area is 159 Å². The summed E-state index contributed by atoms with van der Waals surface area (Å²) in [5.74, 6) is 6.51. The summed E-state index contributed by atoms with van der Waals surface area (Å²) in [5, 5.41) is 0. The molecule has 0 N–H and O–H groups in total. The van der Waals surface area contributed by atoms with Crippen LogP contribution in [0.3, 0.4) is 0 Å². The lowest BCUT2D eigenvalue weighted by molar-refractivity contribution is -0.137. The molecule has 0 spiro atoms. The fourth-order valence-electron chi connectivity index (χ4n) is 2.99. The molecule has 1 aliphatic rings. The van der Waals surface area contributed by atoms with Crippen LogP contribution in [0.4, 0.5) is 13.2 Å². The number of hydrogen-bond acceptors (Lipinski definition) is 3. The third-order valence-electron chi connectivity index (χ3n) is 4.53. The first-order valence-electron chi connectivity index (χ1n) is 8.99. The Morgan fingerprint density at radius 2 is 1.78 bits per heavy atom. The number of benzene rings is 1. The molecule has 0 bridgehead atoms. The number of alkyl halides is 3. The molecule has 4 nitrogen and oxygen atoms in total. The van der Waals surface area contributed by atoms with Gasteiger partial charge in [-0.3, -0.25) is 4.90 Å². The molecule has 1 saturated heterocycles. The van der Waals surface area contributed by atoms with Crippen molar-refractivity contribution in [2.75, 3.05) is 33.2 Å². The normalized spacial score (nSPS) is 17.0. The van der Waals surface area contributed by atoms with E-state index in [-0.39, 0.29) is 10.8 Å². The van der Waals surface area contributed by atoms with Gasteiger partial charge in [0, 0.05) is 19.0 Å². The summed E-state index contributed by atoms with van der Waals surface area (Å²) in [6, 6.07) is 3.65. The minimum absolute atomic E-state index is 0.110. The topological polar surface area (TPSA) is 40.6 Å². The Kier molecular flexibility index (Phi) is 7.32. The summed E-state index contributed by atoms with van der Waals surface area (Å²) in [6.45, 7) is 4.44. The zero-order chi connectivity index (χ0) is 20.1. The number of rotatable bonds is 5. The van der Waals surface area contributed by atoms with Gasteiger partial charge in [0.25, 0.3) is 0 Å². The van der Waals surface area contributed by atoms with Crippen molar-refractivity contribution in [2.45, 2.75) is 37.3 Å². The van der Waals surface area contributed by atoms with E-state index in [9.17, 15) is 21.6 Å². The molecule has 150 valence electrons. The number of hydrogen-bond donors (Lipinski definition) is 0. The number of nitrogens with zero attached hydrogens (tertiary/aromatic N) is 2. The molecule has 8 heteroatoms. The fourth-order valence-corrected chi connectivity index (χ4v) is 4.46. The van der Waals surface area contributed by atoms with Crippen molar-refractivity contribution in [2.24, 2.45) is 5.92 Å². The van der Waals surface area contributed by atoms with E-state index < -0.39 is 21.8 Å². The van der Waals surface area contributed by atoms with Crippen molar-refractivity contribution in [3.8, 4) is 11.8 Å². The summed E-state index contributed by atoms with van der Waals surface area (Å²) in [7, 11) is -1.77. The van der Waals surface area contributed by atoms with E-state index in [1.54, 1.807) is 0 Å². The zero-order valence-corrected chi connectivity index (χ0v) is 16.4. The highest BCUT2D eigenvalue weighted by Gasteiger charge is 2.32. The summed E-state index contributed by atoms with van der Waals surface area (Å²) < 4.78 is 64.5. The van der Waals surface area contributed by atoms with Crippen molar-refractivity contribution in [1.29, 1.82) is 0 Å². The van der Waals surface area contributed by atoms with Crippen LogP contribution >= 0.6 is 0 Å². The summed E-state index contributed by atoms with van der Waals surface area (Å²) >= 11 is 0. The smallest absolute Gasteiger partial charge is 0.295 e. The molecule has 1 heterocycles. The van der Waals surface area contributed by atoms with Crippen molar-refractivity contribution < 1.29 is 21.6 Å². The molecule has 1 aliphatic heterocycles. The molecule has 0 amide bonds. The van der Waals surface area contributed by atoms with Gasteiger partial charge in [0.05, 0.1) is 17.0 Å². The van der Waals surface area contributed by atoms with Gasteiger partial charge >= 0.3 is 6.18 Å². The minimum atomic E-state index is -4.48. The molecular weight excluding hydrogens is 377 g/mol. The lowest BCUT2D eigenvalue weighted by Gasteiger charge is -2.29. The van der Waals surface area contributed by atoms with Crippen LogP contribution in [0.2, 0.25) is 0 Å². The predicted molar refractivity (Wildman–Crippen MR) is 98.5 cm³/mol. The first-order chi connectivity index (χ1) is 12.6. The molecule has 1 fully saturated rings. The summed E-state index contributed by atoms with van der Waals surface area (Å²) in [6.07, 6.45) is -2.16.